The Bertz CT molecular complexity index is 1480. The number of para-hydroxylation sites is 2. The molecule has 1 heterocycles. The van der Waals surface area contributed by atoms with Gasteiger partial charge in [-0.25, -0.2) is 0 Å². The predicted octanol–water partition coefficient (Wildman–Crippen LogP) is 5.22. The first kappa shape index (κ1) is 27.3. The Hall–Kier alpha value is -4.75. The first-order valence-corrected chi connectivity index (χ1v) is 12.8. The first-order valence-electron chi connectivity index (χ1n) is 12.0. The number of amides is 3. The molecule has 3 aromatic rings. The van der Waals surface area contributed by atoms with Crippen LogP contribution in [0.3, 0.4) is 0 Å². The van der Waals surface area contributed by atoms with E-state index in [0.717, 1.165) is 22.2 Å². The second-order valence-electron chi connectivity index (χ2n) is 8.21. The molecule has 1 N–H and O–H groups in total. The zero-order valence-corrected chi connectivity index (χ0v) is 22.1. The number of thioether (sulfide) groups is 1. The van der Waals surface area contributed by atoms with Gasteiger partial charge in [0.25, 0.3) is 11.1 Å². The number of methoxy groups -OCH3 is 1. The second kappa shape index (κ2) is 12.7. The van der Waals surface area contributed by atoms with Gasteiger partial charge in [0.1, 0.15) is 18.9 Å². The van der Waals surface area contributed by atoms with Crippen LogP contribution in [0.5, 0.6) is 17.2 Å². The number of nitrogens with zero attached hydrogens (tertiary/aromatic N) is 2. The maximum absolute atomic E-state index is 13.0. The number of carbonyl (C=O) groups excluding carboxylic acids is 3. The van der Waals surface area contributed by atoms with Crippen molar-refractivity contribution in [2.24, 2.45) is 0 Å². The minimum Gasteiger partial charge on any atom is -0.495 e. The van der Waals surface area contributed by atoms with Crippen molar-refractivity contribution in [3.63, 3.8) is 0 Å². The molecule has 3 amide bonds. The van der Waals surface area contributed by atoms with Gasteiger partial charge in [-0.15, -0.1) is 0 Å². The normalized spacial score (nSPS) is 13.8. The molecule has 0 saturated carbocycles. The molecular weight excluding hydrogens is 518 g/mol. The number of hydrogen-bond acceptors (Lipinski definition) is 8. The van der Waals surface area contributed by atoms with Crippen LogP contribution in [0.25, 0.3) is 6.08 Å². The van der Waals surface area contributed by atoms with Crippen LogP contribution in [0.1, 0.15) is 23.6 Å². The fraction of sp³-hybridized carbons (Fsp3) is 0.172. The minimum absolute atomic E-state index is 0.180. The summed E-state index contributed by atoms with van der Waals surface area (Å²) in [6.45, 7) is 1.97. The van der Waals surface area contributed by atoms with Gasteiger partial charge < -0.3 is 19.5 Å². The van der Waals surface area contributed by atoms with Crippen LogP contribution in [0.2, 0.25) is 0 Å². The lowest BCUT2D eigenvalue weighted by molar-refractivity contribution is -0.127. The van der Waals surface area contributed by atoms with Gasteiger partial charge in [0, 0.05) is 5.56 Å². The molecule has 3 aromatic carbocycles. The molecule has 0 unspecified atom stereocenters. The SMILES string of the molecule is CCOc1cc(/C=C2/SC(=O)N(CC(=O)Nc3ccccc3OC)C2=O)ccc1OCc1ccccc1C#N. The number of rotatable bonds is 10. The Kier molecular flexibility index (Phi) is 8.86. The summed E-state index contributed by atoms with van der Waals surface area (Å²) in [7, 11) is 1.48. The Labute approximate surface area is 230 Å². The predicted molar refractivity (Wildman–Crippen MR) is 147 cm³/mol. The van der Waals surface area contributed by atoms with Gasteiger partial charge in [-0.3, -0.25) is 19.3 Å². The average Bonchev–Trinajstić information content (AvgIpc) is 3.20. The van der Waals surface area contributed by atoms with E-state index in [2.05, 4.69) is 11.4 Å². The summed E-state index contributed by atoms with van der Waals surface area (Å²) in [5.41, 5.74) is 2.33. The van der Waals surface area contributed by atoms with Gasteiger partial charge in [0.05, 0.1) is 35.9 Å². The molecular formula is C29H25N3O6S. The van der Waals surface area contributed by atoms with Gasteiger partial charge in [0.2, 0.25) is 5.91 Å². The molecule has 1 saturated heterocycles. The standard InChI is InChI=1S/C29H25N3O6S/c1-3-37-25-14-19(12-13-24(25)38-18-21-9-5-4-8-20(21)16-30)15-26-28(34)32(29(35)39-26)17-27(33)31-22-10-6-7-11-23(22)36-2/h4-15H,3,17-18H2,1-2H3,(H,31,33)/b26-15+. The fourth-order valence-electron chi connectivity index (χ4n) is 3.78. The van der Waals surface area contributed by atoms with Gasteiger partial charge >= 0.3 is 0 Å². The van der Waals surface area contributed by atoms with Crippen LogP contribution in [0.4, 0.5) is 10.5 Å². The lowest BCUT2D eigenvalue weighted by Crippen LogP contribution is -2.36. The highest BCUT2D eigenvalue weighted by Crippen LogP contribution is 2.35. The topological polar surface area (TPSA) is 118 Å². The molecule has 39 heavy (non-hydrogen) atoms. The minimum atomic E-state index is -0.563. The summed E-state index contributed by atoms with van der Waals surface area (Å²) in [4.78, 5) is 39.1. The van der Waals surface area contributed by atoms with E-state index in [1.54, 1.807) is 60.7 Å². The highest BCUT2D eigenvalue weighted by atomic mass is 32.2. The quantitative estimate of drug-likeness (QED) is 0.346. The van der Waals surface area contributed by atoms with Crippen LogP contribution >= 0.6 is 11.8 Å². The average molecular weight is 544 g/mol. The van der Waals surface area contributed by atoms with Crippen LogP contribution in [-0.4, -0.2) is 42.2 Å². The molecule has 10 heteroatoms. The second-order valence-corrected chi connectivity index (χ2v) is 9.21. The van der Waals surface area contributed by atoms with E-state index >= 15 is 0 Å². The number of imide groups is 1. The molecule has 0 atom stereocenters. The van der Waals surface area contributed by atoms with Crippen molar-refractivity contribution in [1.29, 1.82) is 5.26 Å². The molecule has 0 spiro atoms. The number of benzene rings is 3. The van der Waals surface area contributed by atoms with E-state index in [9.17, 15) is 19.6 Å². The smallest absolute Gasteiger partial charge is 0.294 e. The third kappa shape index (κ3) is 6.58. The Morgan fingerprint density at radius 2 is 1.79 bits per heavy atom. The monoisotopic (exact) mass is 543 g/mol. The van der Waals surface area contributed by atoms with Crippen molar-refractivity contribution in [3.05, 3.63) is 88.3 Å². The van der Waals surface area contributed by atoms with E-state index < -0.39 is 23.6 Å². The lowest BCUT2D eigenvalue weighted by Gasteiger charge is -2.14. The van der Waals surface area contributed by atoms with Crippen molar-refractivity contribution in [2.45, 2.75) is 13.5 Å². The van der Waals surface area contributed by atoms with Crippen molar-refractivity contribution in [3.8, 4) is 23.3 Å². The molecule has 9 nitrogen and oxygen atoms in total. The van der Waals surface area contributed by atoms with Crippen molar-refractivity contribution < 1.29 is 28.6 Å². The third-order valence-corrected chi connectivity index (χ3v) is 6.55. The number of nitriles is 1. The Balaban J connectivity index is 1.46. The molecule has 0 aliphatic carbocycles. The van der Waals surface area contributed by atoms with Crippen LogP contribution in [0, 0.1) is 11.3 Å². The summed E-state index contributed by atoms with van der Waals surface area (Å²) >= 11 is 0.759. The van der Waals surface area contributed by atoms with E-state index in [-0.39, 0.29) is 11.5 Å². The highest BCUT2D eigenvalue weighted by molar-refractivity contribution is 8.18. The van der Waals surface area contributed by atoms with Crippen molar-refractivity contribution in [2.75, 3.05) is 25.6 Å². The van der Waals surface area contributed by atoms with Crippen LogP contribution < -0.4 is 19.5 Å². The van der Waals surface area contributed by atoms with E-state index in [1.165, 1.54) is 7.11 Å². The van der Waals surface area contributed by atoms with Gasteiger partial charge in [-0.2, -0.15) is 5.26 Å². The number of carbonyl (C=O) groups is 3. The molecule has 0 bridgehead atoms. The molecule has 4 rings (SSSR count). The summed E-state index contributed by atoms with van der Waals surface area (Å²) in [5, 5.41) is 11.4. The molecule has 1 aliphatic heterocycles. The summed E-state index contributed by atoms with van der Waals surface area (Å²) in [6.07, 6.45) is 1.57. The summed E-state index contributed by atoms with van der Waals surface area (Å²) in [5.74, 6) is 0.304. The molecule has 198 valence electrons. The first-order chi connectivity index (χ1) is 18.9. The maximum atomic E-state index is 13.0. The van der Waals surface area contributed by atoms with Crippen molar-refractivity contribution >= 4 is 40.6 Å². The highest BCUT2D eigenvalue weighted by Gasteiger charge is 2.36. The molecule has 0 radical (unpaired) electrons. The fourth-order valence-corrected chi connectivity index (χ4v) is 4.62. The Morgan fingerprint density at radius 1 is 1.03 bits per heavy atom. The zero-order valence-electron chi connectivity index (χ0n) is 21.3. The van der Waals surface area contributed by atoms with Crippen molar-refractivity contribution in [1.82, 2.24) is 4.90 Å². The van der Waals surface area contributed by atoms with Crippen LogP contribution in [-0.2, 0) is 16.2 Å². The molecule has 1 fully saturated rings. The zero-order chi connectivity index (χ0) is 27.8. The summed E-state index contributed by atoms with van der Waals surface area (Å²) in [6, 6.07) is 21.3. The summed E-state index contributed by atoms with van der Waals surface area (Å²) < 4.78 is 16.9. The van der Waals surface area contributed by atoms with E-state index in [0.29, 0.717) is 40.7 Å². The number of nitrogens with one attached hydrogen (secondary N) is 1. The maximum Gasteiger partial charge on any atom is 0.294 e. The largest absolute Gasteiger partial charge is 0.495 e. The van der Waals surface area contributed by atoms with E-state index in [4.69, 9.17) is 14.2 Å². The van der Waals surface area contributed by atoms with Gasteiger partial charge in [0.15, 0.2) is 11.5 Å². The molecule has 0 aromatic heterocycles. The lowest BCUT2D eigenvalue weighted by atomic mass is 10.1. The third-order valence-electron chi connectivity index (χ3n) is 5.64. The number of anilines is 1. The van der Waals surface area contributed by atoms with Gasteiger partial charge in [-0.05, 0) is 60.7 Å². The van der Waals surface area contributed by atoms with Gasteiger partial charge in [-0.1, -0.05) is 36.4 Å². The van der Waals surface area contributed by atoms with E-state index in [1.807, 2.05) is 19.1 Å². The number of hydrogen-bond donors (Lipinski definition) is 1. The van der Waals surface area contributed by atoms with Crippen LogP contribution in [0.15, 0.2) is 71.6 Å². The molecule has 1 aliphatic rings. The Morgan fingerprint density at radius 3 is 2.56 bits per heavy atom. The number of ether oxygens (including phenoxy) is 3.